The average Bonchev–Trinajstić information content (AvgIpc) is 3.26. The molecule has 1 aliphatic carbocycles. The van der Waals surface area contributed by atoms with Gasteiger partial charge in [0.05, 0.1) is 6.54 Å². The van der Waals surface area contributed by atoms with Gasteiger partial charge in [-0.05, 0) is 67.6 Å². The van der Waals surface area contributed by atoms with Crippen LogP contribution in [0, 0.1) is 19.7 Å². The first-order valence-corrected chi connectivity index (χ1v) is 7.88. The topological polar surface area (TPSA) is 50.4 Å². The maximum atomic E-state index is 13.1. The standard InChI is InChI=1S/C19H22FN3/c1-13-9-14(2)11-17(10-13)23-18(21)22-12-19(7-8-19)15-3-5-16(20)6-4-15/h3-6,9-11H,7-8,12H2,1-2H3,(H3,21,22,23). The normalized spacial score (nSPS) is 16.2. The summed E-state index contributed by atoms with van der Waals surface area (Å²) in [5, 5.41) is 3.15. The van der Waals surface area contributed by atoms with Gasteiger partial charge in [-0.2, -0.15) is 0 Å². The lowest BCUT2D eigenvalue weighted by molar-refractivity contribution is 0.623. The summed E-state index contributed by atoms with van der Waals surface area (Å²) in [4.78, 5) is 4.50. The summed E-state index contributed by atoms with van der Waals surface area (Å²) in [5.41, 5.74) is 10.5. The van der Waals surface area contributed by atoms with Crippen molar-refractivity contribution in [2.45, 2.75) is 32.1 Å². The van der Waals surface area contributed by atoms with E-state index in [1.165, 1.54) is 23.3 Å². The van der Waals surface area contributed by atoms with E-state index in [0.717, 1.165) is 24.1 Å². The van der Waals surface area contributed by atoms with Gasteiger partial charge >= 0.3 is 0 Å². The third-order valence-electron chi connectivity index (χ3n) is 4.36. The van der Waals surface area contributed by atoms with Crippen molar-refractivity contribution >= 4 is 11.6 Å². The van der Waals surface area contributed by atoms with Gasteiger partial charge in [0.25, 0.3) is 0 Å². The van der Waals surface area contributed by atoms with Gasteiger partial charge in [0.15, 0.2) is 5.96 Å². The van der Waals surface area contributed by atoms with Crippen molar-refractivity contribution in [3.05, 3.63) is 65.0 Å². The zero-order valence-electron chi connectivity index (χ0n) is 13.6. The molecule has 0 saturated heterocycles. The minimum absolute atomic E-state index is 0.0303. The number of guanidine groups is 1. The van der Waals surface area contributed by atoms with Crippen LogP contribution in [0.15, 0.2) is 47.5 Å². The summed E-state index contributed by atoms with van der Waals surface area (Å²) in [6.45, 7) is 4.74. The van der Waals surface area contributed by atoms with Gasteiger partial charge in [-0.1, -0.05) is 18.2 Å². The summed E-state index contributed by atoms with van der Waals surface area (Å²) in [5.74, 6) is 0.215. The molecule has 120 valence electrons. The van der Waals surface area contributed by atoms with E-state index in [-0.39, 0.29) is 11.2 Å². The number of hydrogen-bond donors (Lipinski definition) is 2. The molecule has 2 aromatic rings. The monoisotopic (exact) mass is 311 g/mol. The molecule has 0 heterocycles. The lowest BCUT2D eigenvalue weighted by Gasteiger charge is -2.14. The molecule has 23 heavy (non-hydrogen) atoms. The van der Waals surface area contributed by atoms with E-state index in [1.54, 1.807) is 0 Å². The first-order valence-electron chi connectivity index (χ1n) is 7.88. The summed E-state index contributed by atoms with van der Waals surface area (Å²) in [6, 6.07) is 12.9. The van der Waals surface area contributed by atoms with Crippen LogP contribution in [0.1, 0.15) is 29.5 Å². The summed E-state index contributed by atoms with van der Waals surface area (Å²) < 4.78 is 13.1. The van der Waals surface area contributed by atoms with E-state index in [0.29, 0.717) is 12.5 Å². The Bertz CT molecular complexity index is 711. The Morgan fingerprint density at radius 1 is 1.13 bits per heavy atom. The van der Waals surface area contributed by atoms with Crippen molar-refractivity contribution in [2.75, 3.05) is 11.9 Å². The average molecular weight is 311 g/mol. The molecular formula is C19H22FN3. The van der Waals surface area contributed by atoms with Crippen LogP contribution in [0.25, 0.3) is 0 Å². The number of aliphatic imine (C=N–C) groups is 1. The number of nitrogens with zero attached hydrogens (tertiary/aromatic N) is 1. The Hall–Kier alpha value is -2.36. The highest BCUT2D eigenvalue weighted by Gasteiger charge is 2.44. The van der Waals surface area contributed by atoms with Crippen molar-refractivity contribution in [1.82, 2.24) is 0 Å². The van der Waals surface area contributed by atoms with Gasteiger partial charge in [0.2, 0.25) is 0 Å². The lowest BCUT2D eigenvalue weighted by atomic mass is 9.96. The molecule has 2 aromatic carbocycles. The predicted molar refractivity (Wildman–Crippen MR) is 93.3 cm³/mol. The summed E-state index contributed by atoms with van der Waals surface area (Å²) in [7, 11) is 0. The molecular weight excluding hydrogens is 289 g/mol. The van der Waals surface area contributed by atoms with E-state index in [4.69, 9.17) is 5.73 Å². The van der Waals surface area contributed by atoms with E-state index in [9.17, 15) is 4.39 Å². The number of nitrogens with two attached hydrogens (primary N) is 1. The van der Waals surface area contributed by atoms with E-state index < -0.39 is 0 Å². The first kappa shape index (κ1) is 15.5. The number of nitrogens with one attached hydrogen (secondary N) is 1. The zero-order chi connectivity index (χ0) is 16.4. The van der Waals surface area contributed by atoms with Crippen LogP contribution in [-0.2, 0) is 5.41 Å². The molecule has 4 heteroatoms. The van der Waals surface area contributed by atoms with Crippen LogP contribution in [0.5, 0.6) is 0 Å². The van der Waals surface area contributed by atoms with E-state index in [2.05, 4.69) is 30.2 Å². The Balaban J connectivity index is 1.68. The second-order valence-electron chi connectivity index (χ2n) is 6.49. The van der Waals surface area contributed by atoms with Crippen molar-refractivity contribution in [3.8, 4) is 0 Å². The van der Waals surface area contributed by atoms with Crippen LogP contribution in [0.4, 0.5) is 10.1 Å². The Labute approximate surface area is 136 Å². The molecule has 0 aliphatic heterocycles. The molecule has 0 unspecified atom stereocenters. The van der Waals surface area contributed by atoms with Gasteiger partial charge in [0.1, 0.15) is 5.82 Å². The first-order chi connectivity index (χ1) is 11.0. The SMILES string of the molecule is Cc1cc(C)cc(NC(N)=NCC2(c3ccc(F)cc3)CC2)c1. The molecule has 0 amide bonds. The van der Waals surface area contributed by atoms with Crippen molar-refractivity contribution in [3.63, 3.8) is 0 Å². The van der Waals surface area contributed by atoms with Crippen LogP contribution in [-0.4, -0.2) is 12.5 Å². The smallest absolute Gasteiger partial charge is 0.193 e. The van der Waals surface area contributed by atoms with Crippen LogP contribution < -0.4 is 11.1 Å². The van der Waals surface area contributed by atoms with Crippen LogP contribution in [0.3, 0.4) is 0 Å². The molecule has 0 aromatic heterocycles. The third-order valence-corrected chi connectivity index (χ3v) is 4.36. The van der Waals surface area contributed by atoms with Gasteiger partial charge in [0, 0.05) is 11.1 Å². The number of benzene rings is 2. The molecule has 0 radical (unpaired) electrons. The van der Waals surface area contributed by atoms with Gasteiger partial charge < -0.3 is 11.1 Å². The summed E-state index contributed by atoms with van der Waals surface area (Å²) in [6.07, 6.45) is 2.14. The van der Waals surface area contributed by atoms with E-state index in [1.807, 2.05) is 24.3 Å². The zero-order valence-corrected chi connectivity index (χ0v) is 13.6. The Morgan fingerprint density at radius 3 is 2.30 bits per heavy atom. The molecule has 3 rings (SSSR count). The van der Waals surface area contributed by atoms with Crippen LogP contribution >= 0.6 is 0 Å². The second kappa shape index (κ2) is 6.03. The van der Waals surface area contributed by atoms with Gasteiger partial charge in [-0.3, -0.25) is 4.99 Å². The number of halogens is 1. The number of hydrogen-bond acceptors (Lipinski definition) is 1. The van der Waals surface area contributed by atoms with Crippen molar-refractivity contribution in [2.24, 2.45) is 10.7 Å². The molecule has 3 N–H and O–H groups in total. The number of anilines is 1. The fourth-order valence-electron chi connectivity index (χ4n) is 2.96. The van der Waals surface area contributed by atoms with Crippen molar-refractivity contribution < 1.29 is 4.39 Å². The third kappa shape index (κ3) is 3.70. The maximum Gasteiger partial charge on any atom is 0.193 e. The molecule has 0 atom stereocenters. The highest BCUT2D eigenvalue weighted by Crippen LogP contribution is 2.48. The maximum absolute atomic E-state index is 13.1. The minimum Gasteiger partial charge on any atom is -0.370 e. The highest BCUT2D eigenvalue weighted by atomic mass is 19.1. The predicted octanol–water partition coefficient (Wildman–Crippen LogP) is 3.90. The van der Waals surface area contributed by atoms with E-state index >= 15 is 0 Å². The lowest BCUT2D eigenvalue weighted by Crippen LogP contribution is -2.25. The molecule has 1 fully saturated rings. The summed E-state index contributed by atoms with van der Waals surface area (Å²) >= 11 is 0. The number of rotatable bonds is 4. The largest absolute Gasteiger partial charge is 0.370 e. The second-order valence-corrected chi connectivity index (χ2v) is 6.49. The fourth-order valence-corrected chi connectivity index (χ4v) is 2.96. The molecule has 3 nitrogen and oxygen atoms in total. The minimum atomic E-state index is -0.205. The Kier molecular flexibility index (Phi) is 4.07. The molecule has 1 saturated carbocycles. The fraction of sp³-hybridized carbons (Fsp3) is 0.316. The van der Waals surface area contributed by atoms with Crippen molar-refractivity contribution in [1.29, 1.82) is 0 Å². The quantitative estimate of drug-likeness (QED) is 0.664. The van der Waals surface area contributed by atoms with Gasteiger partial charge in [-0.25, -0.2) is 4.39 Å². The highest BCUT2D eigenvalue weighted by molar-refractivity contribution is 5.92. The molecule has 1 aliphatic rings. The molecule has 0 bridgehead atoms. The molecule has 0 spiro atoms. The van der Waals surface area contributed by atoms with Crippen LogP contribution in [0.2, 0.25) is 0 Å². The number of aryl methyl sites for hydroxylation is 2. The van der Waals surface area contributed by atoms with Gasteiger partial charge in [-0.15, -0.1) is 0 Å². The Morgan fingerprint density at radius 2 is 1.74 bits per heavy atom.